The van der Waals surface area contributed by atoms with Crippen molar-refractivity contribution in [3.8, 4) is 0 Å². The maximum Gasteiger partial charge on any atom is 0.270 e. The fourth-order valence-electron chi connectivity index (χ4n) is 1.65. The first-order valence-electron chi connectivity index (χ1n) is 6.26. The van der Waals surface area contributed by atoms with Gasteiger partial charge >= 0.3 is 0 Å². The zero-order valence-corrected chi connectivity index (χ0v) is 11.3. The molecule has 1 unspecified atom stereocenters. The van der Waals surface area contributed by atoms with E-state index in [0.29, 0.717) is 5.69 Å². The Hall–Kier alpha value is -1.94. The van der Waals surface area contributed by atoms with E-state index in [2.05, 4.69) is 10.3 Å². The largest absolute Gasteiger partial charge is 0.391 e. The molecule has 1 aromatic carbocycles. The summed E-state index contributed by atoms with van der Waals surface area (Å²) in [6.07, 6.45) is -0.642. The lowest BCUT2D eigenvalue weighted by atomic mass is 9.98. The Morgan fingerprint density at radius 2 is 1.95 bits per heavy atom. The predicted octanol–water partition coefficient (Wildman–Crippen LogP) is 2.12. The highest BCUT2D eigenvalue weighted by molar-refractivity contribution is 5.95. The summed E-state index contributed by atoms with van der Waals surface area (Å²) >= 11 is 0. The Morgan fingerprint density at radius 1 is 1.26 bits per heavy atom. The highest BCUT2D eigenvalue weighted by atomic mass is 16.3. The second-order valence-electron chi connectivity index (χ2n) is 5.24. The van der Waals surface area contributed by atoms with Crippen LogP contribution in [0.5, 0.6) is 0 Å². The Bertz CT molecular complexity index is 606. The van der Waals surface area contributed by atoms with Crippen LogP contribution < -0.4 is 5.32 Å². The number of nitrogens with zero attached hydrogens (tertiary/aromatic N) is 1. The van der Waals surface area contributed by atoms with Crippen LogP contribution in [0, 0.1) is 0 Å². The summed E-state index contributed by atoms with van der Waals surface area (Å²) in [6.45, 7) is 5.20. The van der Waals surface area contributed by atoms with Crippen molar-refractivity contribution in [1.82, 2.24) is 10.3 Å². The van der Waals surface area contributed by atoms with Crippen molar-refractivity contribution in [2.75, 3.05) is 0 Å². The van der Waals surface area contributed by atoms with Crippen LogP contribution in [0.2, 0.25) is 0 Å². The maximum absolute atomic E-state index is 12.1. The number of benzene rings is 1. The van der Waals surface area contributed by atoms with Crippen molar-refractivity contribution in [2.24, 2.45) is 0 Å². The molecule has 0 aliphatic heterocycles. The minimum atomic E-state index is -0.690. The lowest BCUT2D eigenvalue weighted by Gasteiger charge is -2.29. The minimum Gasteiger partial charge on any atom is -0.391 e. The summed E-state index contributed by atoms with van der Waals surface area (Å²) in [5.41, 5.74) is 0.446. The van der Waals surface area contributed by atoms with Gasteiger partial charge in [-0.2, -0.15) is 0 Å². The van der Waals surface area contributed by atoms with Crippen LogP contribution in [0.3, 0.4) is 0 Å². The van der Waals surface area contributed by atoms with Crippen LogP contribution in [0.25, 0.3) is 10.9 Å². The molecule has 1 atom stereocenters. The summed E-state index contributed by atoms with van der Waals surface area (Å²) < 4.78 is 0. The number of fused-ring (bicyclic) bond motifs is 1. The number of para-hydroxylation sites is 1. The molecular weight excluding hydrogens is 240 g/mol. The summed E-state index contributed by atoms with van der Waals surface area (Å²) in [7, 11) is 0. The number of carbonyl (C=O) groups excluding carboxylic acids is 1. The summed E-state index contributed by atoms with van der Waals surface area (Å²) in [5, 5.41) is 13.4. The van der Waals surface area contributed by atoms with Gasteiger partial charge in [-0.1, -0.05) is 24.3 Å². The average Bonchev–Trinajstić information content (AvgIpc) is 2.37. The number of aliphatic hydroxyl groups excluding tert-OH is 1. The Balaban J connectivity index is 2.27. The van der Waals surface area contributed by atoms with Gasteiger partial charge in [-0.15, -0.1) is 0 Å². The van der Waals surface area contributed by atoms with Crippen LogP contribution in [0.4, 0.5) is 0 Å². The molecule has 0 saturated heterocycles. The van der Waals surface area contributed by atoms with E-state index >= 15 is 0 Å². The van der Waals surface area contributed by atoms with E-state index < -0.39 is 11.6 Å². The van der Waals surface area contributed by atoms with Gasteiger partial charge in [0.1, 0.15) is 5.69 Å². The van der Waals surface area contributed by atoms with Gasteiger partial charge in [0, 0.05) is 5.39 Å². The molecule has 19 heavy (non-hydrogen) atoms. The quantitative estimate of drug-likeness (QED) is 0.886. The first-order chi connectivity index (χ1) is 8.90. The van der Waals surface area contributed by atoms with Gasteiger partial charge in [-0.05, 0) is 32.9 Å². The lowest BCUT2D eigenvalue weighted by Crippen LogP contribution is -2.51. The molecule has 2 N–H and O–H groups in total. The normalized spacial score (nSPS) is 13.3. The van der Waals surface area contributed by atoms with E-state index in [9.17, 15) is 9.90 Å². The zero-order valence-electron chi connectivity index (χ0n) is 11.3. The van der Waals surface area contributed by atoms with Crippen LogP contribution in [-0.4, -0.2) is 27.6 Å². The summed E-state index contributed by atoms with van der Waals surface area (Å²) in [4.78, 5) is 16.4. The molecule has 0 radical (unpaired) electrons. The topological polar surface area (TPSA) is 62.2 Å². The molecule has 0 bridgehead atoms. The lowest BCUT2D eigenvalue weighted by molar-refractivity contribution is 0.0705. The highest BCUT2D eigenvalue weighted by Gasteiger charge is 2.26. The Kier molecular flexibility index (Phi) is 3.53. The van der Waals surface area contributed by atoms with Gasteiger partial charge in [0.2, 0.25) is 0 Å². The Morgan fingerprint density at radius 3 is 2.63 bits per heavy atom. The third-order valence-electron chi connectivity index (χ3n) is 3.31. The van der Waals surface area contributed by atoms with Gasteiger partial charge in [-0.25, -0.2) is 4.98 Å². The molecule has 0 spiro atoms. The van der Waals surface area contributed by atoms with Gasteiger partial charge < -0.3 is 10.4 Å². The second-order valence-corrected chi connectivity index (χ2v) is 5.24. The molecule has 1 amide bonds. The number of hydrogen-bond acceptors (Lipinski definition) is 3. The zero-order chi connectivity index (χ0) is 14.0. The van der Waals surface area contributed by atoms with E-state index in [4.69, 9.17) is 0 Å². The van der Waals surface area contributed by atoms with Crippen LogP contribution in [0.15, 0.2) is 36.4 Å². The van der Waals surface area contributed by atoms with Gasteiger partial charge in [0.15, 0.2) is 0 Å². The van der Waals surface area contributed by atoms with Gasteiger partial charge in [0.05, 0.1) is 17.2 Å². The smallest absolute Gasteiger partial charge is 0.270 e. The fraction of sp³-hybridized carbons (Fsp3) is 0.333. The highest BCUT2D eigenvalue weighted by Crippen LogP contribution is 2.13. The molecule has 0 saturated carbocycles. The number of amides is 1. The fourth-order valence-corrected chi connectivity index (χ4v) is 1.65. The SMILES string of the molecule is CC(O)C(C)(C)NC(=O)c1ccc2ccccc2n1. The number of aromatic nitrogens is 1. The van der Waals surface area contributed by atoms with Crippen molar-refractivity contribution < 1.29 is 9.90 Å². The molecule has 1 aromatic heterocycles. The van der Waals surface area contributed by atoms with E-state index in [-0.39, 0.29) is 5.91 Å². The number of hydrogen-bond donors (Lipinski definition) is 2. The molecule has 2 aromatic rings. The number of aliphatic hydroxyl groups is 1. The number of pyridine rings is 1. The van der Waals surface area contributed by atoms with E-state index in [0.717, 1.165) is 10.9 Å². The number of rotatable bonds is 3. The Labute approximate surface area is 112 Å². The van der Waals surface area contributed by atoms with Crippen molar-refractivity contribution >= 4 is 16.8 Å². The van der Waals surface area contributed by atoms with E-state index in [1.165, 1.54) is 0 Å². The van der Waals surface area contributed by atoms with Crippen LogP contribution in [-0.2, 0) is 0 Å². The molecule has 0 aliphatic carbocycles. The average molecular weight is 258 g/mol. The monoisotopic (exact) mass is 258 g/mol. The molecule has 2 rings (SSSR count). The third-order valence-corrected chi connectivity index (χ3v) is 3.31. The standard InChI is InChI=1S/C15H18N2O2/c1-10(18)15(2,3)17-14(19)13-9-8-11-6-4-5-7-12(11)16-13/h4-10,18H,1-3H3,(H,17,19). The van der Waals surface area contributed by atoms with Crippen molar-refractivity contribution in [1.29, 1.82) is 0 Å². The maximum atomic E-state index is 12.1. The van der Waals surface area contributed by atoms with Crippen molar-refractivity contribution in [3.63, 3.8) is 0 Å². The van der Waals surface area contributed by atoms with Crippen molar-refractivity contribution in [2.45, 2.75) is 32.4 Å². The molecule has 4 nitrogen and oxygen atoms in total. The third kappa shape index (κ3) is 2.90. The first-order valence-corrected chi connectivity index (χ1v) is 6.26. The van der Waals surface area contributed by atoms with Crippen LogP contribution in [0.1, 0.15) is 31.3 Å². The first kappa shape index (κ1) is 13.5. The summed E-state index contributed by atoms with van der Waals surface area (Å²) in [5.74, 6) is -0.281. The molecular formula is C15H18N2O2. The molecule has 0 aliphatic rings. The molecule has 1 heterocycles. The number of carbonyl (C=O) groups is 1. The number of nitrogens with one attached hydrogen (secondary N) is 1. The van der Waals surface area contributed by atoms with Gasteiger partial charge in [-0.3, -0.25) is 4.79 Å². The van der Waals surface area contributed by atoms with E-state index in [1.807, 2.05) is 30.3 Å². The van der Waals surface area contributed by atoms with Gasteiger partial charge in [0.25, 0.3) is 5.91 Å². The molecule has 100 valence electrons. The second kappa shape index (κ2) is 4.97. The molecule has 0 fully saturated rings. The van der Waals surface area contributed by atoms with Crippen LogP contribution >= 0.6 is 0 Å². The molecule has 4 heteroatoms. The minimum absolute atomic E-state index is 0.281. The summed E-state index contributed by atoms with van der Waals surface area (Å²) in [6, 6.07) is 11.2. The van der Waals surface area contributed by atoms with Crippen molar-refractivity contribution in [3.05, 3.63) is 42.1 Å². The predicted molar refractivity (Wildman–Crippen MR) is 75.0 cm³/mol. The van der Waals surface area contributed by atoms with E-state index in [1.54, 1.807) is 26.8 Å².